The van der Waals surface area contributed by atoms with E-state index in [2.05, 4.69) is 13.8 Å². The fraction of sp³-hybridized carbons (Fsp3) is 1.00. The first-order chi connectivity index (χ1) is 17.3. The van der Waals surface area contributed by atoms with Crippen molar-refractivity contribution in [3.63, 3.8) is 0 Å². The summed E-state index contributed by atoms with van der Waals surface area (Å²) >= 11 is 6.59. The van der Waals surface area contributed by atoms with E-state index in [1.54, 1.807) is 0 Å². The van der Waals surface area contributed by atoms with Gasteiger partial charge in [0.15, 0.2) is 0 Å². The third-order valence-electron chi connectivity index (χ3n) is 7.99. The molecular weight excluding hydrogens is 444 g/mol. The maximum absolute atomic E-state index is 6.59. The number of hydrogen-bond acceptors (Lipinski definition) is 0. The molecule has 0 spiro atoms. The van der Waals surface area contributed by atoms with Gasteiger partial charge in [-0.3, -0.25) is 0 Å². The highest BCUT2D eigenvalue weighted by Gasteiger charge is 2.04. The maximum Gasteiger partial charge on any atom is 0.0336 e. The van der Waals surface area contributed by atoms with Gasteiger partial charge in [0.2, 0.25) is 0 Å². The van der Waals surface area contributed by atoms with Crippen molar-refractivity contribution in [1.29, 1.82) is 0 Å². The highest BCUT2D eigenvalue weighted by molar-refractivity contribution is 6.20. The standard InChI is InChI=1S/C34H69Cl/c1-3-5-7-9-11-13-15-17-19-21-23-25-27-29-31-33-34(35)32-30-28-26-24-22-20-18-16-14-12-10-8-6-4-2/h34H,3-33H2,1-2H3. The molecular formula is C34H69Cl. The lowest BCUT2D eigenvalue weighted by Gasteiger charge is -2.09. The van der Waals surface area contributed by atoms with Gasteiger partial charge < -0.3 is 0 Å². The molecule has 35 heavy (non-hydrogen) atoms. The molecule has 0 rings (SSSR count). The van der Waals surface area contributed by atoms with E-state index in [1.807, 2.05) is 0 Å². The Morgan fingerprint density at radius 2 is 0.457 bits per heavy atom. The van der Waals surface area contributed by atoms with Crippen molar-refractivity contribution in [2.45, 2.75) is 218 Å². The average Bonchev–Trinajstić information content (AvgIpc) is 2.86. The van der Waals surface area contributed by atoms with Crippen molar-refractivity contribution >= 4 is 11.6 Å². The molecule has 0 heterocycles. The number of alkyl halides is 1. The Morgan fingerprint density at radius 1 is 0.286 bits per heavy atom. The van der Waals surface area contributed by atoms with E-state index < -0.39 is 0 Å². The summed E-state index contributed by atoms with van der Waals surface area (Å²) in [4.78, 5) is 0. The predicted octanol–water partition coefficient (Wildman–Crippen LogP) is 13.7. The molecule has 0 aromatic rings. The van der Waals surface area contributed by atoms with E-state index in [0.717, 1.165) is 0 Å². The summed E-state index contributed by atoms with van der Waals surface area (Å²) in [5.74, 6) is 0. The third-order valence-corrected chi connectivity index (χ3v) is 8.43. The van der Waals surface area contributed by atoms with Crippen LogP contribution in [0.1, 0.15) is 213 Å². The molecule has 212 valence electrons. The molecule has 0 fully saturated rings. The molecule has 0 nitrogen and oxygen atoms in total. The van der Waals surface area contributed by atoms with E-state index in [4.69, 9.17) is 11.6 Å². The quantitative estimate of drug-likeness (QED) is 0.0639. The van der Waals surface area contributed by atoms with Crippen LogP contribution >= 0.6 is 11.6 Å². The molecule has 0 saturated carbocycles. The first kappa shape index (κ1) is 35.3. The molecule has 0 N–H and O–H groups in total. The molecule has 0 aliphatic carbocycles. The van der Waals surface area contributed by atoms with Gasteiger partial charge in [-0.1, -0.05) is 200 Å². The summed E-state index contributed by atoms with van der Waals surface area (Å²) in [5, 5.41) is 0.439. The molecule has 1 atom stereocenters. The van der Waals surface area contributed by atoms with Crippen LogP contribution in [0.3, 0.4) is 0 Å². The topological polar surface area (TPSA) is 0 Å². The van der Waals surface area contributed by atoms with Crippen molar-refractivity contribution in [2.75, 3.05) is 0 Å². The second kappa shape index (κ2) is 32.3. The molecule has 1 unspecified atom stereocenters. The fourth-order valence-corrected chi connectivity index (χ4v) is 5.75. The summed E-state index contributed by atoms with van der Waals surface area (Å²) in [7, 11) is 0. The van der Waals surface area contributed by atoms with Crippen molar-refractivity contribution in [1.82, 2.24) is 0 Å². The fourth-order valence-electron chi connectivity index (χ4n) is 5.44. The maximum atomic E-state index is 6.59. The van der Waals surface area contributed by atoms with Crippen molar-refractivity contribution < 1.29 is 0 Å². The van der Waals surface area contributed by atoms with Crippen LogP contribution in [-0.2, 0) is 0 Å². The molecule has 0 aliphatic heterocycles. The molecule has 0 aliphatic rings. The zero-order valence-electron chi connectivity index (χ0n) is 24.9. The molecule has 0 saturated heterocycles. The zero-order valence-corrected chi connectivity index (χ0v) is 25.6. The van der Waals surface area contributed by atoms with Gasteiger partial charge in [-0.05, 0) is 12.8 Å². The minimum Gasteiger partial charge on any atom is -0.123 e. The molecule has 0 aromatic carbocycles. The Hall–Kier alpha value is 0.290. The minimum atomic E-state index is 0.439. The normalized spacial score (nSPS) is 12.4. The Morgan fingerprint density at radius 3 is 0.657 bits per heavy atom. The summed E-state index contributed by atoms with van der Waals surface area (Å²) in [6.45, 7) is 4.60. The van der Waals surface area contributed by atoms with Crippen molar-refractivity contribution in [3.05, 3.63) is 0 Å². The van der Waals surface area contributed by atoms with E-state index in [9.17, 15) is 0 Å². The Labute approximate surface area is 229 Å². The molecule has 0 amide bonds. The van der Waals surface area contributed by atoms with Crippen molar-refractivity contribution in [3.8, 4) is 0 Å². The van der Waals surface area contributed by atoms with Gasteiger partial charge in [0, 0.05) is 5.38 Å². The van der Waals surface area contributed by atoms with E-state index in [-0.39, 0.29) is 0 Å². The molecule has 0 bridgehead atoms. The van der Waals surface area contributed by atoms with E-state index in [1.165, 1.54) is 199 Å². The first-order valence-electron chi connectivity index (χ1n) is 16.9. The highest BCUT2D eigenvalue weighted by atomic mass is 35.5. The van der Waals surface area contributed by atoms with Gasteiger partial charge in [-0.15, -0.1) is 11.6 Å². The number of rotatable bonds is 31. The highest BCUT2D eigenvalue weighted by Crippen LogP contribution is 2.19. The number of unbranched alkanes of at least 4 members (excludes halogenated alkanes) is 27. The summed E-state index contributed by atoms with van der Waals surface area (Å²) in [6, 6.07) is 0. The predicted molar refractivity (Wildman–Crippen MR) is 164 cm³/mol. The summed E-state index contributed by atoms with van der Waals surface area (Å²) < 4.78 is 0. The van der Waals surface area contributed by atoms with Crippen LogP contribution in [0, 0.1) is 0 Å². The van der Waals surface area contributed by atoms with Crippen LogP contribution in [0.15, 0.2) is 0 Å². The van der Waals surface area contributed by atoms with Crippen LogP contribution in [0.5, 0.6) is 0 Å². The van der Waals surface area contributed by atoms with Crippen LogP contribution in [0.2, 0.25) is 0 Å². The second-order valence-corrected chi connectivity index (χ2v) is 12.3. The van der Waals surface area contributed by atoms with E-state index in [0.29, 0.717) is 5.38 Å². The van der Waals surface area contributed by atoms with Gasteiger partial charge in [-0.25, -0.2) is 0 Å². The van der Waals surface area contributed by atoms with Crippen LogP contribution in [-0.4, -0.2) is 5.38 Å². The SMILES string of the molecule is CCCCCCCCCCCCCCCCCC(Cl)CCCCCCCCCCCCCCCC. The average molecular weight is 513 g/mol. The first-order valence-corrected chi connectivity index (χ1v) is 17.4. The van der Waals surface area contributed by atoms with Gasteiger partial charge in [0.25, 0.3) is 0 Å². The lowest BCUT2D eigenvalue weighted by Crippen LogP contribution is -1.98. The largest absolute Gasteiger partial charge is 0.123 e. The molecule has 0 aromatic heterocycles. The van der Waals surface area contributed by atoms with Gasteiger partial charge in [0.05, 0.1) is 0 Å². The van der Waals surface area contributed by atoms with Crippen LogP contribution in [0.4, 0.5) is 0 Å². The van der Waals surface area contributed by atoms with Crippen LogP contribution in [0.25, 0.3) is 0 Å². The monoisotopic (exact) mass is 513 g/mol. The van der Waals surface area contributed by atoms with E-state index >= 15 is 0 Å². The summed E-state index contributed by atoms with van der Waals surface area (Å²) in [6.07, 6.45) is 44.3. The number of halogens is 1. The van der Waals surface area contributed by atoms with Crippen LogP contribution < -0.4 is 0 Å². The minimum absolute atomic E-state index is 0.439. The van der Waals surface area contributed by atoms with Gasteiger partial charge in [-0.2, -0.15) is 0 Å². The smallest absolute Gasteiger partial charge is 0.0336 e. The van der Waals surface area contributed by atoms with Crippen molar-refractivity contribution in [2.24, 2.45) is 0 Å². The molecule has 0 radical (unpaired) electrons. The second-order valence-electron chi connectivity index (χ2n) is 11.7. The molecule has 1 heteroatoms. The van der Waals surface area contributed by atoms with Gasteiger partial charge >= 0.3 is 0 Å². The Kier molecular flexibility index (Phi) is 32.6. The van der Waals surface area contributed by atoms with Gasteiger partial charge in [0.1, 0.15) is 0 Å². The lowest BCUT2D eigenvalue weighted by molar-refractivity contribution is 0.514. The Bertz CT molecular complexity index is 352. The third kappa shape index (κ3) is 32.3. The zero-order chi connectivity index (χ0) is 25.5. The Balaban J connectivity index is 3.13. The number of hydrogen-bond donors (Lipinski definition) is 0. The lowest BCUT2D eigenvalue weighted by atomic mass is 10.0. The summed E-state index contributed by atoms with van der Waals surface area (Å²) in [5.41, 5.74) is 0.